The van der Waals surface area contributed by atoms with Crippen molar-refractivity contribution in [2.24, 2.45) is 5.73 Å². The molecule has 0 aliphatic heterocycles. The monoisotopic (exact) mass is 201 g/mol. The summed E-state index contributed by atoms with van der Waals surface area (Å²) in [6.45, 7) is 2.08. The highest BCUT2D eigenvalue weighted by molar-refractivity contribution is 5.22. The van der Waals surface area contributed by atoms with Crippen molar-refractivity contribution in [3.8, 4) is 0 Å². The number of aromatic amines is 1. The lowest BCUT2D eigenvalue weighted by molar-refractivity contribution is 0.677. The summed E-state index contributed by atoms with van der Waals surface area (Å²) >= 11 is 0. The molecule has 1 heterocycles. The van der Waals surface area contributed by atoms with Gasteiger partial charge in [-0.2, -0.15) is 0 Å². The maximum absolute atomic E-state index is 6.02. The van der Waals surface area contributed by atoms with Crippen LogP contribution in [0.15, 0.2) is 36.7 Å². The van der Waals surface area contributed by atoms with Crippen molar-refractivity contribution in [2.45, 2.75) is 19.4 Å². The highest BCUT2D eigenvalue weighted by Gasteiger charge is 2.08. The van der Waals surface area contributed by atoms with Gasteiger partial charge in [0.25, 0.3) is 0 Å². The van der Waals surface area contributed by atoms with Crippen LogP contribution in [0.1, 0.15) is 23.0 Å². The molecule has 2 rings (SSSR count). The fraction of sp³-hybridized carbons (Fsp3) is 0.250. The SMILES string of the molecule is Cc1ccc(CC(N)c2ncc[nH]2)cc1. The summed E-state index contributed by atoms with van der Waals surface area (Å²) in [5.41, 5.74) is 8.52. The highest BCUT2D eigenvalue weighted by atomic mass is 14.9. The Morgan fingerprint density at radius 3 is 2.67 bits per heavy atom. The molecule has 0 spiro atoms. The number of rotatable bonds is 3. The Bertz CT molecular complexity index is 403. The van der Waals surface area contributed by atoms with Crippen molar-refractivity contribution in [3.05, 3.63) is 53.6 Å². The third-order valence-electron chi connectivity index (χ3n) is 2.45. The number of imidazole rings is 1. The van der Waals surface area contributed by atoms with Gasteiger partial charge in [0.15, 0.2) is 0 Å². The van der Waals surface area contributed by atoms with Crippen LogP contribution >= 0.6 is 0 Å². The molecule has 15 heavy (non-hydrogen) atoms. The average molecular weight is 201 g/mol. The average Bonchev–Trinajstić information content (AvgIpc) is 2.74. The zero-order valence-electron chi connectivity index (χ0n) is 8.77. The number of aromatic nitrogens is 2. The predicted octanol–water partition coefficient (Wildman–Crippen LogP) is 1.96. The first-order valence-electron chi connectivity index (χ1n) is 5.06. The molecule has 0 amide bonds. The van der Waals surface area contributed by atoms with Gasteiger partial charge >= 0.3 is 0 Å². The van der Waals surface area contributed by atoms with E-state index in [1.54, 1.807) is 12.4 Å². The van der Waals surface area contributed by atoms with Gasteiger partial charge in [0.2, 0.25) is 0 Å². The molecule has 0 aliphatic rings. The van der Waals surface area contributed by atoms with Gasteiger partial charge in [-0.15, -0.1) is 0 Å². The van der Waals surface area contributed by atoms with Gasteiger partial charge in [-0.1, -0.05) is 29.8 Å². The van der Waals surface area contributed by atoms with Gasteiger partial charge in [-0.3, -0.25) is 0 Å². The minimum atomic E-state index is -0.0530. The van der Waals surface area contributed by atoms with Gasteiger partial charge in [0, 0.05) is 12.4 Å². The van der Waals surface area contributed by atoms with E-state index in [-0.39, 0.29) is 6.04 Å². The molecule has 0 bridgehead atoms. The maximum atomic E-state index is 6.02. The molecule has 0 radical (unpaired) electrons. The lowest BCUT2D eigenvalue weighted by Gasteiger charge is -2.08. The summed E-state index contributed by atoms with van der Waals surface area (Å²) in [5.74, 6) is 0.843. The first kappa shape index (κ1) is 9.93. The quantitative estimate of drug-likeness (QED) is 0.797. The summed E-state index contributed by atoms with van der Waals surface area (Å²) in [6, 6.07) is 8.37. The molecular formula is C12H15N3. The second-order valence-electron chi connectivity index (χ2n) is 3.77. The van der Waals surface area contributed by atoms with E-state index in [0.717, 1.165) is 12.2 Å². The zero-order chi connectivity index (χ0) is 10.7. The van der Waals surface area contributed by atoms with Crippen LogP contribution < -0.4 is 5.73 Å². The first-order valence-corrected chi connectivity index (χ1v) is 5.06. The van der Waals surface area contributed by atoms with Crippen LogP contribution in [0.25, 0.3) is 0 Å². The molecule has 3 nitrogen and oxygen atoms in total. The number of nitrogens with one attached hydrogen (secondary N) is 1. The summed E-state index contributed by atoms with van der Waals surface area (Å²) in [4.78, 5) is 7.18. The predicted molar refractivity (Wildman–Crippen MR) is 60.4 cm³/mol. The normalized spacial score (nSPS) is 12.7. The third kappa shape index (κ3) is 2.44. The Kier molecular flexibility index (Phi) is 2.83. The minimum absolute atomic E-state index is 0.0530. The number of aryl methyl sites for hydroxylation is 1. The lowest BCUT2D eigenvalue weighted by atomic mass is 10.0. The van der Waals surface area contributed by atoms with E-state index in [1.807, 2.05) is 0 Å². The maximum Gasteiger partial charge on any atom is 0.123 e. The molecule has 3 heteroatoms. The summed E-state index contributed by atoms with van der Waals surface area (Å²) in [7, 11) is 0. The molecule has 1 aromatic heterocycles. The van der Waals surface area contributed by atoms with E-state index >= 15 is 0 Å². The van der Waals surface area contributed by atoms with Crippen molar-refractivity contribution >= 4 is 0 Å². The highest BCUT2D eigenvalue weighted by Crippen LogP contribution is 2.12. The summed E-state index contributed by atoms with van der Waals surface area (Å²) in [5, 5.41) is 0. The van der Waals surface area contributed by atoms with Crippen molar-refractivity contribution in [1.29, 1.82) is 0 Å². The Hall–Kier alpha value is -1.61. The molecule has 0 saturated heterocycles. The number of benzene rings is 1. The van der Waals surface area contributed by atoms with E-state index in [9.17, 15) is 0 Å². The number of nitrogens with zero attached hydrogens (tertiary/aromatic N) is 1. The Morgan fingerprint density at radius 1 is 1.33 bits per heavy atom. The van der Waals surface area contributed by atoms with E-state index in [2.05, 4.69) is 41.2 Å². The van der Waals surface area contributed by atoms with Crippen molar-refractivity contribution in [2.75, 3.05) is 0 Å². The molecule has 1 unspecified atom stereocenters. The molecule has 2 aromatic rings. The van der Waals surface area contributed by atoms with Crippen molar-refractivity contribution in [1.82, 2.24) is 9.97 Å². The number of hydrogen-bond acceptors (Lipinski definition) is 2. The minimum Gasteiger partial charge on any atom is -0.347 e. The van der Waals surface area contributed by atoms with Crippen LogP contribution in [0.5, 0.6) is 0 Å². The van der Waals surface area contributed by atoms with E-state index in [1.165, 1.54) is 11.1 Å². The van der Waals surface area contributed by atoms with Crippen LogP contribution in [-0.4, -0.2) is 9.97 Å². The fourth-order valence-electron chi connectivity index (χ4n) is 1.56. The van der Waals surface area contributed by atoms with Crippen LogP contribution in [-0.2, 0) is 6.42 Å². The second kappa shape index (κ2) is 4.28. The van der Waals surface area contributed by atoms with E-state index in [4.69, 9.17) is 5.73 Å². The molecule has 78 valence electrons. The molecule has 1 atom stereocenters. The van der Waals surface area contributed by atoms with Crippen molar-refractivity contribution < 1.29 is 0 Å². The van der Waals surface area contributed by atoms with E-state index < -0.39 is 0 Å². The molecule has 3 N–H and O–H groups in total. The largest absolute Gasteiger partial charge is 0.347 e. The molecule has 1 aromatic carbocycles. The van der Waals surface area contributed by atoms with Crippen LogP contribution in [0, 0.1) is 6.92 Å². The van der Waals surface area contributed by atoms with Crippen LogP contribution in [0.2, 0.25) is 0 Å². The molecule has 0 fully saturated rings. The van der Waals surface area contributed by atoms with Crippen molar-refractivity contribution in [3.63, 3.8) is 0 Å². The van der Waals surface area contributed by atoms with Gasteiger partial charge in [0.05, 0.1) is 6.04 Å². The number of nitrogens with two attached hydrogens (primary N) is 1. The fourth-order valence-corrected chi connectivity index (χ4v) is 1.56. The molecular weight excluding hydrogens is 186 g/mol. The van der Waals surface area contributed by atoms with Gasteiger partial charge < -0.3 is 10.7 Å². The lowest BCUT2D eigenvalue weighted by Crippen LogP contribution is -2.14. The second-order valence-corrected chi connectivity index (χ2v) is 3.77. The first-order chi connectivity index (χ1) is 7.25. The molecule has 0 saturated carbocycles. The van der Waals surface area contributed by atoms with Gasteiger partial charge in [0.1, 0.15) is 5.82 Å². The van der Waals surface area contributed by atoms with Gasteiger partial charge in [-0.25, -0.2) is 4.98 Å². The van der Waals surface area contributed by atoms with E-state index in [0.29, 0.717) is 0 Å². The third-order valence-corrected chi connectivity index (χ3v) is 2.45. The summed E-state index contributed by atoms with van der Waals surface area (Å²) < 4.78 is 0. The van der Waals surface area contributed by atoms with Crippen LogP contribution in [0.4, 0.5) is 0 Å². The molecule has 0 aliphatic carbocycles. The summed E-state index contributed by atoms with van der Waals surface area (Å²) in [6.07, 6.45) is 4.34. The Morgan fingerprint density at radius 2 is 2.07 bits per heavy atom. The standard InChI is InChI=1S/C12H15N3/c1-9-2-4-10(5-3-9)8-11(13)12-14-6-7-15-12/h2-7,11H,8,13H2,1H3,(H,14,15). The van der Waals surface area contributed by atoms with Crippen LogP contribution in [0.3, 0.4) is 0 Å². The number of hydrogen-bond donors (Lipinski definition) is 2. The zero-order valence-corrected chi connectivity index (χ0v) is 8.77. The Labute approximate surface area is 89.4 Å². The number of H-pyrrole nitrogens is 1. The Balaban J connectivity index is 2.06. The topological polar surface area (TPSA) is 54.7 Å². The van der Waals surface area contributed by atoms with Gasteiger partial charge in [-0.05, 0) is 18.9 Å². The smallest absolute Gasteiger partial charge is 0.123 e.